The monoisotopic (exact) mass is 358 g/mol. The van der Waals surface area contributed by atoms with Crippen molar-refractivity contribution in [2.75, 3.05) is 11.5 Å². The van der Waals surface area contributed by atoms with Crippen LogP contribution in [0.25, 0.3) is 10.9 Å². The van der Waals surface area contributed by atoms with Crippen LogP contribution in [0.1, 0.15) is 49.0 Å². The summed E-state index contributed by atoms with van der Waals surface area (Å²) in [6.07, 6.45) is 4.18. The minimum absolute atomic E-state index is 0.213. The molecule has 1 aromatic heterocycles. The Kier molecular flexibility index (Phi) is 3.14. The van der Waals surface area contributed by atoms with E-state index in [9.17, 15) is 14.7 Å². The first-order chi connectivity index (χ1) is 12.5. The zero-order valence-corrected chi connectivity index (χ0v) is 14.4. The summed E-state index contributed by atoms with van der Waals surface area (Å²) in [6.45, 7) is 2.02. The molecule has 2 bridgehead atoms. The Bertz CT molecular complexity index is 995. The van der Waals surface area contributed by atoms with Crippen LogP contribution in [-0.4, -0.2) is 34.3 Å². The van der Waals surface area contributed by atoms with Gasteiger partial charge in [-0.3, -0.25) is 9.36 Å². The molecule has 26 heavy (non-hydrogen) atoms. The van der Waals surface area contributed by atoms with E-state index < -0.39 is 17.3 Å². The number of hydrogen-bond donors (Lipinski definition) is 1. The van der Waals surface area contributed by atoms with Crippen LogP contribution in [0.5, 0.6) is 5.75 Å². The summed E-state index contributed by atoms with van der Waals surface area (Å²) in [5.74, 6) is -1.34. The number of aromatic carboxylic acids is 1. The maximum absolute atomic E-state index is 15.1. The molecular weight excluding hydrogens is 339 g/mol. The Balaban J connectivity index is 1.86. The van der Waals surface area contributed by atoms with Crippen LogP contribution < -0.4 is 15.2 Å². The molecule has 0 amide bonds. The first-order valence-electron chi connectivity index (χ1n) is 9.03. The van der Waals surface area contributed by atoms with Crippen LogP contribution in [-0.2, 0) is 0 Å². The van der Waals surface area contributed by atoms with Crippen molar-refractivity contribution in [3.63, 3.8) is 0 Å². The number of carboxylic acid groups (broad SMARTS) is 1. The Morgan fingerprint density at radius 3 is 2.50 bits per heavy atom. The highest BCUT2D eigenvalue weighted by molar-refractivity contribution is 5.97. The lowest BCUT2D eigenvalue weighted by molar-refractivity contribution is 0.0694. The molecule has 1 atom stereocenters. The topological polar surface area (TPSA) is 71.8 Å². The van der Waals surface area contributed by atoms with Crippen molar-refractivity contribution in [2.45, 2.75) is 50.7 Å². The molecule has 0 radical (unpaired) electrons. The number of carbonyl (C=O) groups is 1. The number of nitrogens with zero attached hydrogens (tertiary/aromatic N) is 2. The zero-order valence-electron chi connectivity index (χ0n) is 14.4. The average Bonchev–Trinajstić information content (AvgIpc) is 3.18. The average molecular weight is 358 g/mol. The molecule has 2 fully saturated rings. The van der Waals surface area contributed by atoms with E-state index in [1.165, 1.54) is 16.7 Å². The second kappa shape index (κ2) is 5.22. The van der Waals surface area contributed by atoms with Gasteiger partial charge in [-0.15, -0.1) is 0 Å². The van der Waals surface area contributed by atoms with Gasteiger partial charge in [-0.2, -0.15) is 0 Å². The molecular formula is C19H19FN2O4. The molecule has 2 aromatic rings. The number of ether oxygens (including phenoxy) is 1. The van der Waals surface area contributed by atoms with E-state index in [-0.39, 0.29) is 18.2 Å². The third kappa shape index (κ3) is 1.91. The molecule has 0 saturated carbocycles. The molecule has 4 heterocycles. The van der Waals surface area contributed by atoms with Gasteiger partial charge in [0.2, 0.25) is 0 Å². The number of carboxylic acids is 1. The molecule has 1 aromatic carbocycles. The second-order valence-corrected chi connectivity index (χ2v) is 7.54. The van der Waals surface area contributed by atoms with Crippen molar-refractivity contribution in [2.24, 2.45) is 0 Å². The van der Waals surface area contributed by atoms with E-state index >= 15 is 4.39 Å². The molecule has 136 valence electrons. The predicted octanol–water partition coefficient (Wildman–Crippen LogP) is 2.92. The van der Waals surface area contributed by atoms with E-state index in [2.05, 4.69) is 4.90 Å². The van der Waals surface area contributed by atoms with Gasteiger partial charge in [0, 0.05) is 17.5 Å². The van der Waals surface area contributed by atoms with E-state index in [4.69, 9.17) is 4.74 Å². The van der Waals surface area contributed by atoms with Gasteiger partial charge < -0.3 is 14.7 Å². The fourth-order valence-corrected chi connectivity index (χ4v) is 4.94. The van der Waals surface area contributed by atoms with Crippen LogP contribution in [0.4, 0.5) is 10.1 Å². The summed E-state index contributed by atoms with van der Waals surface area (Å²) in [7, 11) is 0. The number of anilines is 1. The van der Waals surface area contributed by atoms with Gasteiger partial charge >= 0.3 is 5.97 Å². The number of rotatable bonds is 2. The van der Waals surface area contributed by atoms with Crippen molar-refractivity contribution >= 4 is 22.6 Å². The zero-order chi connectivity index (χ0) is 18.2. The number of aromatic nitrogens is 1. The first kappa shape index (κ1) is 15.7. The normalized spacial score (nSPS) is 26.4. The van der Waals surface area contributed by atoms with Crippen LogP contribution in [0, 0.1) is 5.82 Å². The molecule has 2 saturated heterocycles. The van der Waals surface area contributed by atoms with Crippen LogP contribution in [0.15, 0.2) is 16.9 Å². The van der Waals surface area contributed by atoms with Gasteiger partial charge in [0.25, 0.3) is 5.56 Å². The second-order valence-electron chi connectivity index (χ2n) is 7.54. The van der Waals surface area contributed by atoms with Crippen LogP contribution in [0.2, 0.25) is 0 Å². The van der Waals surface area contributed by atoms with Gasteiger partial charge in [0.15, 0.2) is 11.6 Å². The SMILES string of the molecule is C[C@H]1COc2c(N3C4CCC3CC4)c(F)cc3cc(C(=O)O)c(=O)n1c23. The minimum atomic E-state index is -1.30. The van der Waals surface area contributed by atoms with Crippen LogP contribution in [0.3, 0.4) is 0 Å². The van der Waals surface area contributed by atoms with E-state index in [0.717, 1.165) is 25.7 Å². The van der Waals surface area contributed by atoms with Gasteiger partial charge in [-0.25, -0.2) is 9.18 Å². The molecule has 3 aliphatic rings. The Hall–Kier alpha value is -2.57. The third-order valence-electron chi connectivity index (χ3n) is 6.05. The number of benzene rings is 1. The molecule has 5 rings (SSSR count). The van der Waals surface area contributed by atoms with E-state index in [0.29, 0.717) is 34.4 Å². The predicted molar refractivity (Wildman–Crippen MR) is 93.9 cm³/mol. The molecule has 6 nitrogen and oxygen atoms in total. The Morgan fingerprint density at radius 1 is 1.23 bits per heavy atom. The fourth-order valence-electron chi connectivity index (χ4n) is 4.94. The lowest BCUT2D eigenvalue weighted by Gasteiger charge is -2.32. The first-order valence-corrected chi connectivity index (χ1v) is 9.03. The standard InChI is InChI=1S/C19H19FN2O4/c1-9-8-26-17-15-10(6-13(19(24)25)18(23)21(9)15)7-14(20)16(17)22-11-2-3-12(22)5-4-11/h6-7,9,11-12H,2-5,8H2,1H3,(H,24,25)/t9-,11?,12?/m0/s1. The lowest BCUT2D eigenvalue weighted by atomic mass is 10.0. The summed E-state index contributed by atoms with van der Waals surface area (Å²) in [5, 5.41) is 9.73. The lowest BCUT2D eigenvalue weighted by Crippen LogP contribution is -2.36. The third-order valence-corrected chi connectivity index (χ3v) is 6.05. The largest absolute Gasteiger partial charge is 0.487 e. The van der Waals surface area contributed by atoms with Crippen molar-refractivity contribution in [3.8, 4) is 5.75 Å². The highest BCUT2D eigenvalue weighted by Crippen LogP contribution is 2.49. The quantitative estimate of drug-likeness (QED) is 0.894. The maximum Gasteiger partial charge on any atom is 0.341 e. The van der Waals surface area contributed by atoms with Crippen molar-refractivity contribution in [1.82, 2.24) is 4.57 Å². The summed E-state index contributed by atoms with van der Waals surface area (Å²) >= 11 is 0. The van der Waals surface area contributed by atoms with Crippen molar-refractivity contribution in [1.29, 1.82) is 0 Å². The molecule has 7 heteroatoms. The summed E-state index contributed by atoms with van der Waals surface area (Å²) in [6, 6.07) is 2.90. The molecule has 3 aliphatic heterocycles. The van der Waals surface area contributed by atoms with Gasteiger partial charge in [-0.1, -0.05) is 0 Å². The molecule has 1 N–H and O–H groups in total. The van der Waals surface area contributed by atoms with Gasteiger partial charge in [-0.05, 0) is 44.7 Å². The number of halogens is 1. The van der Waals surface area contributed by atoms with Gasteiger partial charge in [0.05, 0.1) is 11.6 Å². The number of fused-ring (bicyclic) bond motifs is 2. The molecule has 0 unspecified atom stereocenters. The highest BCUT2D eigenvalue weighted by atomic mass is 19.1. The van der Waals surface area contributed by atoms with E-state index in [1.54, 1.807) is 6.92 Å². The van der Waals surface area contributed by atoms with Crippen molar-refractivity contribution in [3.05, 3.63) is 33.9 Å². The van der Waals surface area contributed by atoms with E-state index in [1.807, 2.05) is 0 Å². The number of pyridine rings is 1. The summed E-state index contributed by atoms with van der Waals surface area (Å²) < 4.78 is 22.5. The fraction of sp³-hybridized carbons (Fsp3) is 0.474. The Morgan fingerprint density at radius 2 is 1.88 bits per heavy atom. The molecule has 0 spiro atoms. The summed E-state index contributed by atoms with van der Waals surface area (Å²) in [5.41, 5.74) is 0.0293. The Labute approximate surface area is 148 Å². The smallest absolute Gasteiger partial charge is 0.341 e. The number of hydrogen-bond acceptors (Lipinski definition) is 4. The maximum atomic E-state index is 15.1. The highest BCUT2D eigenvalue weighted by Gasteiger charge is 2.43. The minimum Gasteiger partial charge on any atom is -0.487 e. The van der Waals surface area contributed by atoms with Gasteiger partial charge in [0.1, 0.15) is 17.9 Å². The van der Waals surface area contributed by atoms with Crippen molar-refractivity contribution < 1.29 is 19.0 Å². The van der Waals surface area contributed by atoms with Crippen LogP contribution >= 0.6 is 0 Å². The summed E-state index contributed by atoms with van der Waals surface area (Å²) in [4.78, 5) is 26.3. The molecule has 0 aliphatic carbocycles.